The molecule has 4 nitrogen and oxygen atoms in total. The summed E-state index contributed by atoms with van der Waals surface area (Å²) in [7, 11) is 0. The molecule has 2 N–H and O–H groups in total. The van der Waals surface area contributed by atoms with E-state index in [9.17, 15) is 4.79 Å². The second-order valence-electron chi connectivity index (χ2n) is 5.73. The third-order valence-corrected chi connectivity index (χ3v) is 4.26. The van der Waals surface area contributed by atoms with E-state index >= 15 is 0 Å². The lowest BCUT2D eigenvalue weighted by Crippen LogP contribution is -2.56. The Kier molecular flexibility index (Phi) is 6.21. The van der Waals surface area contributed by atoms with Crippen molar-refractivity contribution >= 4 is 11.6 Å². The first-order chi connectivity index (χ1) is 10.2. The van der Waals surface area contributed by atoms with Crippen LogP contribution in [-0.2, 0) is 4.79 Å². The number of amides is 1. The van der Waals surface area contributed by atoms with E-state index in [1.165, 1.54) is 0 Å². The van der Waals surface area contributed by atoms with Gasteiger partial charge in [-0.1, -0.05) is 32.0 Å². The van der Waals surface area contributed by atoms with Crippen LogP contribution in [0.3, 0.4) is 0 Å². The van der Waals surface area contributed by atoms with Crippen LogP contribution in [0.5, 0.6) is 0 Å². The van der Waals surface area contributed by atoms with Crippen molar-refractivity contribution in [3.63, 3.8) is 0 Å². The molecule has 2 atom stereocenters. The van der Waals surface area contributed by atoms with Gasteiger partial charge in [-0.3, -0.25) is 9.69 Å². The van der Waals surface area contributed by atoms with Crippen LogP contribution in [0.2, 0.25) is 0 Å². The molecule has 0 aromatic heterocycles. The maximum Gasteiger partial charge on any atom is 0.225 e. The Morgan fingerprint density at radius 2 is 2.05 bits per heavy atom. The minimum atomic E-state index is 0.0997. The number of nitrogens with one attached hydrogen (secondary N) is 2. The second kappa shape index (κ2) is 8.15. The lowest BCUT2D eigenvalue weighted by atomic mass is 10.0. The summed E-state index contributed by atoms with van der Waals surface area (Å²) in [6.45, 7) is 7.36. The summed E-state index contributed by atoms with van der Waals surface area (Å²) in [6.07, 6.45) is 2.83. The van der Waals surface area contributed by atoms with Crippen LogP contribution in [-0.4, -0.2) is 42.5 Å². The number of benzene rings is 1. The molecule has 2 unspecified atom stereocenters. The predicted molar refractivity (Wildman–Crippen MR) is 87.4 cm³/mol. The Balaban J connectivity index is 1.81. The zero-order chi connectivity index (χ0) is 15.1. The fraction of sp³-hybridized carbons (Fsp3) is 0.588. The Bertz CT molecular complexity index is 435. The number of para-hydroxylation sites is 1. The summed E-state index contributed by atoms with van der Waals surface area (Å²) in [5.74, 6) is 0.0997. The van der Waals surface area contributed by atoms with Gasteiger partial charge in [-0.25, -0.2) is 0 Å². The van der Waals surface area contributed by atoms with Gasteiger partial charge in [-0.05, 0) is 25.0 Å². The topological polar surface area (TPSA) is 44.4 Å². The number of piperazine rings is 1. The van der Waals surface area contributed by atoms with Gasteiger partial charge in [-0.2, -0.15) is 0 Å². The molecule has 1 aliphatic heterocycles. The molecular weight excluding hydrogens is 262 g/mol. The third kappa shape index (κ3) is 4.83. The molecule has 0 spiro atoms. The fourth-order valence-electron chi connectivity index (χ4n) is 2.87. The standard InChI is InChI=1S/C17H27N3O/c1-3-14-13-20(16(4-2)12-18-14)11-10-17(21)19-15-8-6-5-7-9-15/h5-9,14,16,18H,3-4,10-13H2,1-2H3,(H,19,21). The van der Waals surface area contributed by atoms with Gasteiger partial charge in [0.15, 0.2) is 0 Å². The van der Waals surface area contributed by atoms with Crippen molar-refractivity contribution in [3.05, 3.63) is 30.3 Å². The SMILES string of the molecule is CCC1CN(CCC(=O)Nc2ccccc2)C(CC)CN1. The van der Waals surface area contributed by atoms with Crippen molar-refractivity contribution in [3.8, 4) is 0 Å². The molecule has 0 saturated carbocycles. The molecule has 4 heteroatoms. The highest BCUT2D eigenvalue weighted by Crippen LogP contribution is 2.13. The second-order valence-corrected chi connectivity index (χ2v) is 5.73. The van der Waals surface area contributed by atoms with Gasteiger partial charge in [0.25, 0.3) is 0 Å². The van der Waals surface area contributed by atoms with Crippen molar-refractivity contribution in [2.24, 2.45) is 0 Å². The van der Waals surface area contributed by atoms with Crippen LogP contribution in [0, 0.1) is 0 Å². The van der Waals surface area contributed by atoms with Gasteiger partial charge in [0.1, 0.15) is 0 Å². The Morgan fingerprint density at radius 3 is 2.71 bits per heavy atom. The third-order valence-electron chi connectivity index (χ3n) is 4.26. The number of carbonyl (C=O) groups excluding carboxylic acids is 1. The summed E-state index contributed by atoms with van der Waals surface area (Å²) in [5.41, 5.74) is 0.876. The van der Waals surface area contributed by atoms with Crippen LogP contribution in [0.25, 0.3) is 0 Å². The Morgan fingerprint density at radius 1 is 1.29 bits per heavy atom. The summed E-state index contributed by atoms with van der Waals surface area (Å²) in [4.78, 5) is 14.5. The number of hydrogen-bond acceptors (Lipinski definition) is 3. The van der Waals surface area contributed by atoms with Crippen molar-refractivity contribution in [1.29, 1.82) is 0 Å². The molecule has 0 bridgehead atoms. The molecule has 1 aromatic carbocycles. The van der Waals surface area contributed by atoms with Crippen LogP contribution in [0.1, 0.15) is 33.1 Å². The zero-order valence-corrected chi connectivity index (χ0v) is 13.1. The highest BCUT2D eigenvalue weighted by Gasteiger charge is 2.25. The van der Waals surface area contributed by atoms with Crippen molar-refractivity contribution in [2.75, 3.05) is 25.0 Å². The number of hydrogen-bond donors (Lipinski definition) is 2. The van der Waals surface area contributed by atoms with Gasteiger partial charge in [-0.15, -0.1) is 0 Å². The van der Waals surface area contributed by atoms with E-state index in [1.54, 1.807) is 0 Å². The molecule has 0 radical (unpaired) electrons. The summed E-state index contributed by atoms with van der Waals surface area (Å²) >= 11 is 0. The molecule has 2 rings (SSSR count). The average Bonchev–Trinajstić information content (AvgIpc) is 2.53. The summed E-state index contributed by atoms with van der Waals surface area (Å²) in [6, 6.07) is 10.8. The zero-order valence-electron chi connectivity index (χ0n) is 13.1. The van der Waals surface area contributed by atoms with Crippen LogP contribution in [0.15, 0.2) is 30.3 Å². The first kappa shape index (κ1) is 16.0. The number of rotatable bonds is 6. The molecule has 1 saturated heterocycles. The molecular formula is C17H27N3O. The van der Waals surface area contributed by atoms with Gasteiger partial charge in [0.05, 0.1) is 0 Å². The average molecular weight is 289 g/mol. The first-order valence-electron chi connectivity index (χ1n) is 8.05. The monoisotopic (exact) mass is 289 g/mol. The maximum atomic E-state index is 12.0. The molecule has 1 amide bonds. The quantitative estimate of drug-likeness (QED) is 0.845. The van der Waals surface area contributed by atoms with Crippen LogP contribution >= 0.6 is 0 Å². The molecule has 1 fully saturated rings. The largest absolute Gasteiger partial charge is 0.326 e. The predicted octanol–water partition coefficient (Wildman–Crippen LogP) is 2.48. The Hall–Kier alpha value is -1.39. The number of nitrogens with zero attached hydrogens (tertiary/aromatic N) is 1. The number of anilines is 1. The van der Waals surface area contributed by atoms with Gasteiger partial charge in [0.2, 0.25) is 5.91 Å². The summed E-state index contributed by atoms with van der Waals surface area (Å²) in [5, 5.41) is 6.54. The van der Waals surface area contributed by atoms with Crippen LogP contribution < -0.4 is 10.6 Å². The molecule has 1 aliphatic rings. The van der Waals surface area contributed by atoms with Gasteiger partial charge in [0, 0.05) is 43.8 Å². The first-order valence-corrected chi connectivity index (χ1v) is 8.05. The minimum Gasteiger partial charge on any atom is -0.326 e. The Labute approximate surface area is 127 Å². The fourth-order valence-corrected chi connectivity index (χ4v) is 2.87. The molecule has 116 valence electrons. The van der Waals surface area contributed by atoms with E-state index in [0.29, 0.717) is 18.5 Å². The van der Waals surface area contributed by atoms with Crippen molar-refractivity contribution in [2.45, 2.75) is 45.2 Å². The highest BCUT2D eigenvalue weighted by molar-refractivity contribution is 5.90. The normalized spacial score (nSPS) is 23.0. The summed E-state index contributed by atoms with van der Waals surface area (Å²) < 4.78 is 0. The highest BCUT2D eigenvalue weighted by atomic mass is 16.1. The molecule has 1 aromatic rings. The van der Waals surface area contributed by atoms with E-state index in [2.05, 4.69) is 29.4 Å². The molecule has 1 heterocycles. The van der Waals surface area contributed by atoms with E-state index in [0.717, 1.165) is 38.2 Å². The lowest BCUT2D eigenvalue weighted by molar-refractivity contribution is -0.116. The van der Waals surface area contributed by atoms with Crippen molar-refractivity contribution in [1.82, 2.24) is 10.2 Å². The minimum absolute atomic E-state index is 0.0997. The van der Waals surface area contributed by atoms with Gasteiger partial charge < -0.3 is 10.6 Å². The smallest absolute Gasteiger partial charge is 0.225 e. The molecule has 0 aliphatic carbocycles. The van der Waals surface area contributed by atoms with E-state index < -0.39 is 0 Å². The van der Waals surface area contributed by atoms with E-state index in [-0.39, 0.29) is 5.91 Å². The van der Waals surface area contributed by atoms with E-state index in [1.807, 2.05) is 30.3 Å². The van der Waals surface area contributed by atoms with Crippen molar-refractivity contribution < 1.29 is 4.79 Å². The molecule has 21 heavy (non-hydrogen) atoms. The van der Waals surface area contributed by atoms with E-state index in [4.69, 9.17) is 0 Å². The number of carbonyl (C=O) groups is 1. The lowest BCUT2D eigenvalue weighted by Gasteiger charge is -2.39. The maximum absolute atomic E-state index is 12.0. The van der Waals surface area contributed by atoms with Crippen LogP contribution in [0.4, 0.5) is 5.69 Å². The van der Waals surface area contributed by atoms with Gasteiger partial charge >= 0.3 is 0 Å².